The molecule has 0 spiro atoms. The molecule has 26 heavy (non-hydrogen) atoms. The zero-order chi connectivity index (χ0) is 18.1. The number of carbonyl (C=O) groups is 1. The van der Waals surface area contributed by atoms with Crippen LogP contribution in [0, 0.1) is 0 Å². The highest BCUT2D eigenvalue weighted by Crippen LogP contribution is 2.27. The van der Waals surface area contributed by atoms with Gasteiger partial charge in [0.25, 0.3) is 5.91 Å². The fourth-order valence-electron chi connectivity index (χ4n) is 3.75. The smallest absolute Gasteiger partial charge is 0.273 e. The van der Waals surface area contributed by atoms with E-state index in [9.17, 15) is 4.79 Å². The molecular weight excluding hydrogens is 346 g/mol. The van der Waals surface area contributed by atoms with Crippen molar-refractivity contribution < 1.29 is 9.53 Å². The Morgan fingerprint density at radius 2 is 2.12 bits per heavy atom. The van der Waals surface area contributed by atoms with E-state index in [1.807, 2.05) is 16.3 Å². The van der Waals surface area contributed by atoms with Gasteiger partial charge in [-0.15, -0.1) is 11.3 Å². The van der Waals surface area contributed by atoms with E-state index in [0.717, 1.165) is 24.7 Å². The molecule has 0 unspecified atom stereocenters. The molecule has 2 aliphatic heterocycles. The summed E-state index contributed by atoms with van der Waals surface area (Å²) < 4.78 is 5.98. The maximum absolute atomic E-state index is 12.9. The number of hydrogen-bond acceptors (Lipinski definition) is 5. The van der Waals surface area contributed by atoms with Crippen LogP contribution < -0.4 is 0 Å². The number of rotatable bonds is 4. The number of likely N-dealkylation sites (tertiary alicyclic amines) is 1. The number of carbonyl (C=O) groups excluding carboxylic acids is 1. The van der Waals surface area contributed by atoms with Crippen LogP contribution in [0.25, 0.3) is 0 Å². The summed E-state index contributed by atoms with van der Waals surface area (Å²) in [6.07, 6.45) is 0.0969. The molecule has 0 bridgehead atoms. The van der Waals surface area contributed by atoms with Crippen molar-refractivity contribution in [2.45, 2.75) is 38.5 Å². The van der Waals surface area contributed by atoms with E-state index < -0.39 is 0 Å². The zero-order valence-corrected chi connectivity index (χ0v) is 16.1. The first-order valence-corrected chi connectivity index (χ1v) is 10.1. The number of morpholine rings is 1. The van der Waals surface area contributed by atoms with Crippen LogP contribution in [0.1, 0.15) is 40.8 Å². The number of thiazole rings is 1. The summed E-state index contributed by atoms with van der Waals surface area (Å²) in [6.45, 7) is 8.12. The molecule has 2 saturated heterocycles. The molecule has 6 heteroatoms. The molecule has 1 aromatic carbocycles. The maximum Gasteiger partial charge on any atom is 0.273 e. The van der Waals surface area contributed by atoms with Gasteiger partial charge in [0.05, 0.1) is 23.8 Å². The Bertz CT molecular complexity index is 761. The normalized spacial score (nSPS) is 23.4. The Hall–Kier alpha value is -1.76. The Morgan fingerprint density at radius 3 is 2.85 bits per heavy atom. The lowest BCUT2D eigenvalue weighted by Gasteiger charge is -2.36. The summed E-state index contributed by atoms with van der Waals surface area (Å²) in [7, 11) is 0. The van der Waals surface area contributed by atoms with Gasteiger partial charge in [0.2, 0.25) is 0 Å². The van der Waals surface area contributed by atoms with Gasteiger partial charge in [0.15, 0.2) is 0 Å². The number of amides is 1. The molecule has 5 nitrogen and oxygen atoms in total. The van der Waals surface area contributed by atoms with Gasteiger partial charge in [-0.1, -0.05) is 44.2 Å². The Morgan fingerprint density at radius 1 is 1.31 bits per heavy atom. The lowest BCUT2D eigenvalue weighted by atomic mass is 10.1. The van der Waals surface area contributed by atoms with Gasteiger partial charge in [-0.2, -0.15) is 0 Å². The van der Waals surface area contributed by atoms with Crippen molar-refractivity contribution in [1.29, 1.82) is 0 Å². The fourth-order valence-corrected chi connectivity index (χ4v) is 4.56. The SMILES string of the molecule is CC(C)c1nc(C(=O)N2C[C@@H]3OCCN(Cc4ccccc4)[C@@H]3C2)cs1. The summed E-state index contributed by atoms with van der Waals surface area (Å²) in [4.78, 5) is 21.8. The van der Waals surface area contributed by atoms with Gasteiger partial charge >= 0.3 is 0 Å². The molecule has 0 radical (unpaired) electrons. The number of benzene rings is 1. The van der Waals surface area contributed by atoms with Crippen LogP contribution in [0.3, 0.4) is 0 Å². The third kappa shape index (κ3) is 3.54. The topological polar surface area (TPSA) is 45.7 Å². The highest BCUT2D eigenvalue weighted by atomic mass is 32.1. The predicted octanol–water partition coefficient (Wildman–Crippen LogP) is 2.99. The molecule has 2 aromatic rings. The van der Waals surface area contributed by atoms with Crippen LogP contribution >= 0.6 is 11.3 Å². The third-order valence-electron chi connectivity index (χ3n) is 5.17. The van der Waals surface area contributed by atoms with Crippen molar-refractivity contribution in [3.05, 3.63) is 52.0 Å². The molecule has 2 fully saturated rings. The molecule has 0 aliphatic carbocycles. The lowest BCUT2D eigenvalue weighted by Crippen LogP contribution is -2.50. The number of nitrogens with zero attached hydrogens (tertiary/aromatic N) is 3. The van der Waals surface area contributed by atoms with Crippen molar-refractivity contribution in [3.63, 3.8) is 0 Å². The van der Waals surface area contributed by atoms with Crippen LogP contribution in [-0.2, 0) is 11.3 Å². The van der Waals surface area contributed by atoms with Crippen molar-refractivity contribution in [2.75, 3.05) is 26.2 Å². The third-order valence-corrected chi connectivity index (χ3v) is 6.31. The highest BCUT2D eigenvalue weighted by molar-refractivity contribution is 7.09. The van der Waals surface area contributed by atoms with Gasteiger partial charge < -0.3 is 9.64 Å². The van der Waals surface area contributed by atoms with E-state index in [1.54, 1.807) is 11.3 Å². The summed E-state index contributed by atoms with van der Waals surface area (Å²) in [5.41, 5.74) is 1.88. The fraction of sp³-hybridized carbons (Fsp3) is 0.500. The first kappa shape index (κ1) is 17.6. The molecular formula is C20H25N3O2S. The van der Waals surface area contributed by atoms with E-state index in [-0.39, 0.29) is 18.1 Å². The van der Waals surface area contributed by atoms with Crippen molar-refractivity contribution >= 4 is 17.2 Å². The first-order chi connectivity index (χ1) is 12.6. The molecule has 3 heterocycles. The van der Waals surface area contributed by atoms with Crippen molar-refractivity contribution in [3.8, 4) is 0 Å². The Labute approximate surface area is 158 Å². The monoisotopic (exact) mass is 371 g/mol. The minimum Gasteiger partial charge on any atom is -0.373 e. The number of hydrogen-bond donors (Lipinski definition) is 0. The van der Waals surface area contributed by atoms with Gasteiger partial charge in [-0.3, -0.25) is 9.69 Å². The van der Waals surface area contributed by atoms with Crippen LogP contribution in [0.2, 0.25) is 0 Å². The molecule has 0 saturated carbocycles. The molecule has 2 atom stereocenters. The summed E-state index contributed by atoms with van der Waals surface area (Å²) in [5.74, 6) is 0.387. The Kier molecular flexibility index (Phi) is 5.07. The van der Waals surface area contributed by atoms with E-state index in [2.05, 4.69) is 48.0 Å². The average Bonchev–Trinajstić information content (AvgIpc) is 3.30. The van der Waals surface area contributed by atoms with Gasteiger partial charge in [0, 0.05) is 37.5 Å². The summed E-state index contributed by atoms with van der Waals surface area (Å²) in [6, 6.07) is 10.8. The molecule has 138 valence electrons. The van der Waals surface area contributed by atoms with Crippen LogP contribution in [0.15, 0.2) is 35.7 Å². The lowest BCUT2D eigenvalue weighted by molar-refractivity contribution is -0.0503. The van der Waals surface area contributed by atoms with E-state index in [1.165, 1.54) is 5.56 Å². The second-order valence-electron chi connectivity index (χ2n) is 7.37. The van der Waals surface area contributed by atoms with Gasteiger partial charge in [-0.05, 0) is 5.56 Å². The van der Waals surface area contributed by atoms with E-state index >= 15 is 0 Å². The number of fused-ring (bicyclic) bond motifs is 1. The zero-order valence-electron chi connectivity index (χ0n) is 15.3. The molecule has 2 aliphatic rings. The molecule has 0 N–H and O–H groups in total. The Balaban J connectivity index is 1.45. The highest BCUT2D eigenvalue weighted by Gasteiger charge is 2.42. The molecule has 1 amide bonds. The van der Waals surface area contributed by atoms with E-state index in [0.29, 0.717) is 24.7 Å². The van der Waals surface area contributed by atoms with Crippen LogP contribution in [0.5, 0.6) is 0 Å². The van der Waals surface area contributed by atoms with Crippen LogP contribution in [0.4, 0.5) is 0 Å². The van der Waals surface area contributed by atoms with Crippen molar-refractivity contribution in [2.24, 2.45) is 0 Å². The minimum atomic E-state index is 0.0332. The predicted molar refractivity (Wildman–Crippen MR) is 102 cm³/mol. The average molecular weight is 372 g/mol. The first-order valence-electron chi connectivity index (χ1n) is 9.26. The maximum atomic E-state index is 12.9. The van der Waals surface area contributed by atoms with E-state index in [4.69, 9.17) is 4.74 Å². The quantitative estimate of drug-likeness (QED) is 0.829. The number of ether oxygens (including phenoxy) is 1. The van der Waals surface area contributed by atoms with Crippen LogP contribution in [-0.4, -0.2) is 59.1 Å². The van der Waals surface area contributed by atoms with Gasteiger partial charge in [-0.25, -0.2) is 4.98 Å². The van der Waals surface area contributed by atoms with Crippen molar-refractivity contribution in [1.82, 2.24) is 14.8 Å². The number of aromatic nitrogens is 1. The summed E-state index contributed by atoms with van der Waals surface area (Å²) >= 11 is 1.57. The minimum absolute atomic E-state index is 0.0332. The molecule has 1 aromatic heterocycles. The largest absolute Gasteiger partial charge is 0.373 e. The van der Waals surface area contributed by atoms with Gasteiger partial charge in [0.1, 0.15) is 5.69 Å². The summed E-state index contributed by atoms with van der Waals surface area (Å²) in [5, 5.41) is 2.91. The second kappa shape index (κ2) is 7.47. The second-order valence-corrected chi connectivity index (χ2v) is 8.26. The standard InChI is InChI=1S/C20H25N3O2S/c1-14(2)19-21-16(13-26-19)20(24)23-11-17-18(12-23)25-9-8-22(17)10-15-6-4-3-5-7-15/h3-7,13-14,17-18H,8-12H2,1-2H3/t17-,18+/m1/s1. The molecule has 4 rings (SSSR count).